The first kappa shape index (κ1) is 19.8. The molecule has 0 atom stereocenters. The van der Waals surface area contributed by atoms with Crippen LogP contribution in [0.2, 0.25) is 0 Å². The molecule has 0 aromatic heterocycles. The highest BCUT2D eigenvalue weighted by molar-refractivity contribution is 6.09. The Morgan fingerprint density at radius 1 is 0.750 bits per heavy atom. The molecule has 4 aromatic carbocycles. The number of hydrogen-bond acceptors (Lipinski definition) is 4. The molecule has 0 amide bonds. The van der Waals surface area contributed by atoms with E-state index in [0.717, 1.165) is 29.9 Å². The molecule has 4 heteroatoms. The van der Waals surface area contributed by atoms with Crippen LogP contribution in [0.1, 0.15) is 11.1 Å². The van der Waals surface area contributed by atoms with Gasteiger partial charge in [0.05, 0.1) is 12.3 Å². The molecule has 0 saturated carbocycles. The lowest BCUT2D eigenvalue weighted by Crippen LogP contribution is -2.30. The van der Waals surface area contributed by atoms with Gasteiger partial charge in [-0.15, -0.1) is 0 Å². The Balaban J connectivity index is 1.41. The molecule has 0 unspecified atom stereocenters. The SMILES string of the molecule is C(=C\c1ccc2ccccc2c1)/C(/C=C/c1ccc2ccccc2c1)=NNC1=NCCN1. The second kappa shape index (κ2) is 9.31. The van der Waals surface area contributed by atoms with Crippen LogP contribution in [0.15, 0.2) is 107 Å². The second-order valence-corrected chi connectivity index (χ2v) is 7.69. The Morgan fingerprint density at radius 3 is 1.84 bits per heavy atom. The molecule has 0 saturated heterocycles. The smallest absolute Gasteiger partial charge is 0.212 e. The number of nitrogens with one attached hydrogen (secondary N) is 2. The zero-order valence-electron chi connectivity index (χ0n) is 17.7. The highest BCUT2D eigenvalue weighted by atomic mass is 15.4. The number of guanidine groups is 1. The number of allylic oxidation sites excluding steroid dienone is 2. The van der Waals surface area contributed by atoms with E-state index in [1.54, 1.807) is 0 Å². The van der Waals surface area contributed by atoms with E-state index in [0.29, 0.717) is 5.96 Å². The van der Waals surface area contributed by atoms with Gasteiger partial charge in [0, 0.05) is 6.54 Å². The van der Waals surface area contributed by atoms with Crippen molar-refractivity contribution in [2.75, 3.05) is 13.1 Å². The topological polar surface area (TPSA) is 48.8 Å². The van der Waals surface area contributed by atoms with Crippen LogP contribution in [-0.4, -0.2) is 24.8 Å². The highest BCUT2D eigenvalue weighted by Crippen LogP contribution is 2.18. The fraction of sp³-hybridized carbons (Fsp3) is 0.0714. The van der Waals surface area contributed by atoms with E-state index in [4.69, 9.17) is 0 Å². The predicted octanol–water partition coefficient (Wildman–Crippen LogP) is 5.62. The number of nitrogens with zero attached hydrogens (tertiary/aromatic N) is 2. The van der Waals surface area contributed by atoms with Crippen LogP contribution < -0.4 is 10.7 Å². The molecule has 0 aliphatic carbocycles. The van der Waals surface area contributed by atoms with Gasteiger partial charge in [0.1, 0.15) is 0 Å². The zero-order valence-corrected chi connectivity index (χ0v) is 17.7. The van der Waals surface area contributed by atoms with E-state index in [2.05, 4.69) is 118 Å². The minimum atomic E-state index is 0.709. The van der Waals surface area contributed by atoms with Crippen LogP contribution >= 0.6 is 0 Å². The third-order valence-corrected chi connectivity index (χ3v) is 5.41. The first-order valence-corrected chi connectivity index (χ1v) is 10.8. The number of fused-ring (bicyclic) bond motifs is 2. The molecule has 2 N–H and O–H groups in total. The predicted molar refractivity (Wildman–Crippen MR) is 137 cm³/mol. The third kappa shape index (κ3) is 4.76. The first-order valence-electron chi connectivity index (χ1n) is 10.8. The molecule has 0 radical (unpaired) electrons. The summed E-state index contributed by atoms with van der Waals surface area (Å²) < 4.78 is 0. The average Bonchev–Trinajstić information content (AvgIpc) is 3.37. The van der Waals surface area contributed by atoms with E-state index in [9.17, 15) is 0 Å². The van der Waals surface area contributed by atoms with E-state index in [-0.39, 0.29) is 0 Å². The van der Waals surface area contributed by atoms with Gasteiger partial charge in [-0.1, -0.05) is 84.9 Å². The van der Waals surface area contributed by atoms with Crippen molar-refractivity contribution in [3.63, 3.8) is 0 Å². The largest absolute Gasteiger partial charge is 0.353 e. The van der Waals surface area contributed by atoms with Gasteiger partial charge in [0.25, 0.3) is 0 Å². The number of aliphatic imine (C=N–C) groups is 1. The Labute approximate surface area is 187 Å². The Kier molecular flexibility index (Phi) is 5.75. The van der Waals surface area contributed by atoms with Gasteiger partial charge in [-0.3, -0.25) is 0 Å². The van der Waals surface area contributed by atoms with E-state index in [1.165, 1.54) is 21.5 Å². The Hall–Kier alpha value is -4.18. The molecular weight excluding hydrogens is 392 g/mol. The molecule has 0 bridgehead atoms. The van der Waals surface area contributed by atoms with Crippen molar-refractivity contribution in [3.8, 4) is 0 Å². The van der Waals surface area contributed by atoms with Crippen LogP contribution in [0, 0.1) is 0 Å². The van der Waals surface area contributed by atoms with E-state index >= 15 is 0 Å². The summed E-state index contributed by atoms with van der Waals surface area (Å²) in [4.78, 5) is 4.35. The lowest BCUT2D eigenvalue weighted by molar-refractivity contribution is 0.918. The monoisotopic (exact) mass is 416 g/mol. The molecule has 1 heterocycles. The number of benzene rings is 4. The molecule has 1 aliphatic rings. The molecule has 5 rings (SSSR count). The minimum Gasteiger partial charge on any atom is -0.353 e. The fourth-order valence-electron chi connectivity index (χ4n) is 3.71. The molecule has 4 nitrogen and oxygen atoms in total. The summed E-state index contributed by atoms with van der Waals surface area (Å²) >= 11 is 0. The zero-order chi connectivity index (χ0) is 21.6. The minimum absolute atomic E-state index is 0.709. The quantitative estimate of drug-likeness (QED) is 0.327. The Morgan fingerprint density at radius 2 is 1.31 bits per heavy atom. The molecule has 156 valence electrons. The summed E-state index contributed by atoms with van der Waals surface area (Å²) in [5, 5.41) is 12.7. The molecular formula is C28H24N4. The van der Waals surface area contributed by atoms with Crippen molar-refractivity contribution < 1.29 is 0 Å². The maximum absolute atomic E-state index is 4.56. The van der Waals surface area contributed by atoms with Crippen molar-refractivity contribution in [1.29, 1.82) is 0 Å². The fourth-order valence-corrected chi connectivity index (χ4v) is 3.71. The molecule has 4 aromatic rings. The summed E-state index contributed by atoms with van der Waals surface area (Å²) in [6, 6.07) is 29.7. The Bertz CT molecular complexity index is 1290. The van der Waals surface area contributed by atoms with Gasteiger partial charge in [0.15, 0.2) is 0 Å². The summed E-state index contributed by atoms with van der Waals surface area (Å²) in [7, 11) is 0. The first-order chi connectivity index (χ1) is 15.8. The second-order valence-electron chi connectivity index (χ2n) is 7.69. The molecule has 0 spiro atoms. The van der Waals surface area contributed by atoms with Crippen molar-refractivity contribution >= 4 is 45.4 Å². The van der Waals surface area contributed by atoms with Crippen LogP contribution in [0.5, 0.6) is 0 Å². The van der Waals surface area contributed by atoms with Crippen molar-refractivity contribution in [1.82, 2.24) is 10.7 Å². The standard InChI is InChI=1S/C28H24N4/c1-3-7-25-19-21(9-13-23(25)5-1)11-15-27(31-32-28-29-17-18-30-28)16-12-22-10-14-24-6-2-4-8-26(24)20-22/h1-16,19-20H,17-18H2,(H2,29,30,32)/b15-11+,16-12+. The van der Waals surface area contributed by atoms with Gasteiger partial charge < -0.3 is 5.32 Å². The van der Waals surface area contributed by atoms with Crippen LogP contribution in [0.25, 0.3) is 33.7 Å². The number of hydrazone groups is 1. The van der Waals surface area contributed by atoms with Gasteiger partial charge in [-0.2, -0.15) is 5.10 Å². The maximum atomic E-state index is 4.56. The van der Waals surface area contributed by atoms with Gasteiger partial charge in [-0.25, -0.2) is 10.4 Å². The van der Waals surface area contributed by atoms with E-state index < -0.39 is 0 Å². The number of hydrogen-bond donors (Lipinski definition) is 2. The van der Waals surface area contributed by atoms with Crippen LogP contribution in [-0.2, 0) is 0 Å². The van der Waals surface area contributed by atoms with Crippen LogP contribution in [0.4, 0.5) is 0 Å². The normalized spacial score (nSPS) is 13.6. The molecule has 0 fully saturated rings. The highest BCUT2D eigenvalue weighted by Gasteiger charge is 2.02. The molecule has 32 heavy (non-hydrogen) atoms. The van der Waals surface area contributed by atoms with Crippen molar-refractivity contribution in [2.45, 2.75) is 0 Å². The van der Waals surface area contributed by atoms with E-state index in [1.807, 2.05) is 12.2 Å². The summed E-state index contributed by atoms with van der Waals surface area (Å²) in [5.41, 5.74) is 6.11. The maximum Gasteiger partial charge on any atom is 0.212 e. The lowest BCUT2D eigenvalue weighted by Gasteiger charge is -2.03. The van der Waals surface area contributed by atoms with Gasteiger partial charge in [-0.05, 0) is 57.0 Å². The van der Waals surface area contributed by atoms with Gasteiger partial charge >= 0.3 is 0 Å². The molecule has 1 aliphatic heterocycles. The number of rotatable bonds is 5. The summed E-state index contributed by atoms with van der Waals surface area (Å²) in [6.45, 7) is 1.61. The summed E-state index contributed by atoms with van der Waals surface area (Å²) in [5.74, 6) is 0.709. The van der Waals surface area contributed by atoms with Crippen LogP contribution in [0.3, 0.4) is 0 Å². The lowest BCUT2D eigenvalue weighted by atomic mass is 10.1. The average molecular weight is 417 g/mol. The van der Waals surface area contributed by atoms with Gasteiger partial charge in [0.2, 0.25) is 5.96 Å². The van der Waals surface area contributed by atoms with Crippen molar-refractivity contribution in [3.05, 3.63) is 108 Å². The third-order valence-electron chi connectivity index (χ3n) is 5.41. The van der Waals surface area contributed by atoms with Crippen molar-refractivity contribution in [2.24, 2.45) is 10.1 Å². The summed E-state index contributed by atoms with van der Waals surface area (Å²) in [6.07, 6.45) is 8.21.